The molecule has 0 aromatic heterocycles. The van der Waals surface area contributed by atoms with E-state index in [0.717, 1.165) is 0 Å². The Balaban J connectivity index is 2.32. The number of nitrogens with two attached hydrogens (primary N) is 2. The summed E-state index contributed by atoms with van der Waals surface area (Å²) < 4.78 is 38.5. The van der Waals surface area contributed by atoms with Gasteiger partial charge in [-0.25, -0.2) is 0 Å². The van der Waals surface area contributed by atoms with Crippen LogP contribution in [0.3, 0.4) is 0 Å². The predicted octanol–water partition coefficient (Wildman–Crippen LogP) is 2.50. The van der Waals surface area contributed by atoms with Crippen LogP contribution in [0.15, 0.2) is 12.1 Å². The highest BCUT2D eigenvalue weighted by Gasteiger charge is 2.42. The highest BCUT2D eigenvalue weighted by Crippen LogP contribution is 2.36. The molecule has 0 saturated carbocycles. The van der Waals surface area contributed by atoms with E-state index in [1.807, 2.05) is 6.07 Å². The third kappa shape index (κ3) is 2.74. The van der Waals surface area contributed by atoms with Crippen molar-refractivity contribution in [1.29, 1.82) is 5.26 Å². The Bertz CT molecular complexity index is 548. The number of piperidine rings is 1. The van der Waals surface area contributed by atoms with Gasteiger partial charge < -0.3 is 16.4 Å². The first-order valence-corrected chi connectivity index (χ1v) is 6.23. The van der Waals surface area contributed by atoms with Gasteiger partial charge in [0.2, 0.25) is 0 Å². The van der Waals surface area contributed by atoms with Gasteiger partial charge in [0, 0.05) is 13.1 Å². The molecule has 1 atom stereocenters. The van der Waals surface area contributed by atoms with E-state index in [-0.39, 0.29) is 29.9 Å². The number of hydrogen-bond acceptors (Lipinski definition) is 4. The maximum atomic E-state index is 12.8. The molecule has 20 heavy (non-hydrogen) atoms. The summed E-state index contributed by atoms with van der Waals surface area (Å²) in [5.74, 6) is -1.37. The predicted molar refractivity (Wildman–Crippen MR) is 71.0 cm³/mol. The molecular formula is C13H15F3N4. The summed E-state index contributed by atoms with van der Waals surface area (Å²) in [6.07, 6.45) is -3.67. The van der Waals surface area contributed by atoms with Gasteiger partial charge in [-0.1, -0.05) is 0 Å². The Morgan fingerprint density at radius 3 is 2.50 bits per heavy atom. The van der Waals surface area contributed by atoms with Gasteiger partial charge in [-0.15, -0.1) is 0 Å². The van der Waals surface area contributed by atoms with Gasteiger partial charge in [0.25, 0.3) is 0 Å². The molecule has 108 valence electrons. The number of halogens is 3. The van der Waals surface area contributed by atoms with E-state index in [9.17, 15) is 13.2 Å². The molecule has 0 bridgehead atoms. The normalized spacial score (nSPS) is 19.7. The summed E-state index contributed by atoms with van der Waals surface area (Å²) >= 11 is 0. The van der Waals surface area contributed by atoms with E-state index in [1.165, 1.54) is 12.1 Å². The highest BCUT2D eigenvalue weighted by molar-refractivity contribution is 5.75. The fraction of sp³-hybridized carbons (Fsp3) is 0.462. The van der Waals surface area contributed by atoms with E-state index in [0.29, 0.717) is 18.7 Å². The third-order valence-corrected chi connectivity index (χ3v) is 3.55. The van der Waals surface area contributed by atoms with Gasteiger partial charge >= 0.3 is 6.18 Å². The zero-order valence-corrected chi connectivity index (χ0v) is 10.7. The van der Waals surface area contributed by atoms with Crippen LogP contribution in [0.25, 0.3) is 0 Å². The first kappa shape index (κ1) is 14.3. The molecular weight excluding hydrogens is 269 g/mol. The first-order valence-electron chi connectivity index (χ1n) is 6.23. The summed E-state index contributed by atoms with van der Waals surface area (Å²) in [5.41, 5.74) is 12.5. The molecule has 0 amide bonds. The summed E-state index contributed by atoms with van der Waals surface area (Å²) in [4.78, 5) is 1.57. The molecule has 1 aliphatic heterocycles. The topological polar surface area (TPSA) is 79.1 Å². The SMILES string of the molecule is N#Cc1cc(N)c(N)cc1N1CCC[C@H](C(F)(F)F)C1. The van der Waals surface area contributed by atoms with Crippen molar-refractivity contribution in [2.24, 2.45) is 5.92 Å². The lowest BCUT2D eigenvalue weighted by atomic mass is 9.96. The second kappa shape index (κ2) is 5.12. The van der Waals surface area contributed by atoms with Crippen molar-refractivity contribution in [1.82, 2.24) is 0 Å². The Morgan fingerprint density at radius 1 is 1.25 bits per heavy atom. The number of alkyl halides is 3. The monoisotopic (exact) mass is 284 g/mol. The number of benzene rings is 1. The second-order valence-corrected chi connectivity index (χ2v) is 4.94. The largest absolute Gasteiger partial charge is 0.397 e. The number of nitrogen functional groups attached to an aromatic ring is 2. The van der Waals surface area contributed by atoms with E-state index in [2.05, 4.69) is 0 Å². The molecule has 1 heterocycles. The molecule has 1 aromatic carbocycles. The summed E-state index contributed by atoms with van der Waals surface area (Å²) in [6, 6.07) is 4.84. The third-order valence-electron chi connectivity index (χ3n) is 3.55. The van der Waals surface area contributed by atoms with Crippen molar-refractivity contribution in [3.05, 3.63) is 17.7 Å². The van der Waals surface area contributed by atoms with Gasteiger partial charge in [-0.05, 0) is 25.0 Å². The number of hydrogen-bond donors (Lipinski definition) is 2. The van der Waals surface area contributed by atoms with Crippen molar-refractivity contribution in [3.63, 3.8) is 0 Å². The van der Waals surface area contributed by atoms with E-state index in [4.69, 9.17) is 16.7 Å². The molecule has 4 N–H and O–H groups in total. The lowest BCUT2D eigenvalue weighted by Crippen LogP contribution is -2.42. The van der Waals surface area contributed by atoms with Crippen molar-refractivity contribution in [2.75, 3.05) is 29.5 Å². The van der Waals surface area contributed by atoms with Crippen LogP contribution in [0.2, 0.25) is 0 Å². The van der Waals surface area contributed by atoms with Crippen molar-refractivity contribution < 1.29 is 13.2 Å². The first-order chi connectivity index (χ1) is 9.32. The molecule has 1 aliphatic rings. The van der Waals surface area contributed by atoms with E-state index in [1.54, 1.807) is 4.90 Å². The lowest BCUT2D eigenvalue weighted by molar-refractivity contribution is -0.175. The molecule has 1 fully saturated rings. The van der Waals surface area contributed by atoms with Gasteiger partial charge in [-0.2, -0.15) is 18.4 Å². The molecule has 0 radical (unpaired) electrons. The summed E-state index contributed by atoms with van der Waals surface area (Å²) in [6.45, 7) is 0.326. The maximum absolute atomic E-state index is 12.8. The summed E-state index contributed by atoms with van der Waals surface area (Å²) in [7, 11) is 0. The van der Waals surface area contributed by atoms with Crippen molar-refractivity contribution in [3.8, 4) is 6.07 Å². The van der Waals surface area contributed by atoms with Crippen LogP contribution in [-0.2, 0) is 0 Å². The Kier molecular flexibility index (Phi) is 3.66. The van der Waals surface area contributed by atoms with Gasteiger partial charge in [0.1, 0.15) is 6.07 Å². The van der Waals surface area contributed by atoms with Crippen molar-refractivity contribution in [2.45, 2.75) is 19.0 Å². The molecule has 1 aromatic rings. The fourth-order valence-electron chi connectivity index (χ4n) is 2.44. The summed E-state index contributed by atoms with van der Waals surface area (Å²) in [5, 5.41) is 9.09. The number of anilines is 3. The average Bonchev–Trinajstić information content (AvgIpc) is 2.40. The molecule has 2 rings (SSSR count). The smallest absolute Gasteiger partial charge is 0.393 e. The molecule has 0 unspecified atom stereocenters. The Labute approximate surface area is 114 Å². The molecule has 4 nitrogen and oxygen atoms in total. The van der Waals surface area contributed by atoms with Crippen molar-refractivity contribution >= 4 is 17.1 Å². The number of rotatable bonds is 1. The quantitative estimate of drug-likeness (QED) is 0.777. The van der Waals surface area contributed by atoms with Crippen LogP contribution in [0.1, 0.15) is 18.4 Å². The highest BCUT2D eigenvalue weighted by atomic mass is 19.4. The van der Waals surface area contributed by atoms with E-state index >= 15 is 0 Å². The number of nitriles is 1. The van der Waals surface area contributed by atoms with Gasteiger partial charge in [-0.3, -0.25) is 0 Å². The van der Waals surface area contributed by atoms with Crippen LogP contribution in [-0.4, -0.2) is 19.3 Å². The Morgan fingerprint density at radius 2 is 1.90 bits per heavy atom. The fourth-order valence-corrected chi connectivity index (χ4v) is 2.44. The van der Waals surface area contributed by atoms with Gasteiger partial charge in [0.15, 0.2) is 0 Å². The number of nitrogens with zero attached hydrogens (tertiary/aromatic N) is 2. The van der Waals surface area contributed by atoms with Crippen LogP contribution in [0.4, 0.5) is 30.2 Å². The van der Waals surface area contributed by atoms with E-state index < -0.39 is 12.1 Å². The second-order valence-electron chi connectivity index (χ2n) is 4.94. The lowest BCUT2D eigenvalue weighted by Gasteiger charge is -2.35. The minimum Gasteiger partial charge on any atom is -0.397 e. The molecule has 0 aliphatic carbocycles. The Hall–Kier alpha value is -2.10. The standard InChI is InChI=1S/C13H15F3N4/c14-13(15,16)9-2-1-3-20(7-9)12-5-11(19)10(18)4-8(12)6-17/h4-5,9H,1-3,7,18-19H2/t9-/m0/s1. The average molecular weight is 284 g/mol. The molecule has 7 heteroatoms. The van der Waals surface area contributed by atoms with Crippen LogP contribution in [0.5, 0.6) is 0 Å². The van der Waals surface area contributed by atoms with Crippen LogP contribution >= 0.6 is 0 Å². The van der Waals surface area contributed by atoms with Crippen LogP contribution in [0, 0.1) is 17.2 Å². The molecule has 0 spiro atoms. The zero-order valence-electron chi connectivity index (χ0n) is 10.7. The minimum absolute atomic E-state index is 0.117. The molecule has 1 saturated heterocycles. The van der Waals surface area contributed by atoms with Gasteiger partial charge in [0.05, 0.1) is 28.5 Å². The minimum atomic E-state index is -4.22. The maximum Gasteiger partial charge on any atom is 0.393 e. The van der Waals surface area contributed by atoms with Crippen LogP contribution < -0.4 is 16.4 Å². The zero-order chi connectivity index (χ0) is 14.9.